The van der Waals surface area contributed by atoms with Crippen LogP contribution in [0.3, 0.4) is 0 Å². The van der Waals surface area contributed by atoms with E-state index in [1.165, 1.54) is 65.0 Å². The van der Waals surface area contributed by atoms with Crippen molar-refractivity contribution in [1.29, 1.82) is 0 Å². The van der Waals surface area contributed by atoms with E-state index in [2.05, 4.69) is 144 Å². The Bertz CT molecular complexity index is 1780. The Morgan fingerprint density at radius 3 is 1.24 bits per heavy atom. The van der Waals surface area contributed by atoms with E-state index in [4.69, 9.17) is 0 Å². The molecular weight excluding hydrogens is 472 g/mol. The van der Waals surface area contributed by atoms with Gasteiger partial charge in [0.15, 0.2) is 0 Å². The van der Waals surface area contributed by atoms with E-state index in [1.807, 2.05) is 11.3 Å². The van der Waals surface area contributed by atoms with Gasteiger partial charge in [0.05, 0.1) is 31.5 Å². The van der Waals surface area contributed by atoms with Crippen LogP contribution >= 0.6 is 11.3 Å². The Morgan fingerprint density at radius 2 is 0.865 bits per heavy atom. The van der Waals surface area contributed by atoms with Crippen LogP contribution in [0.4, 0.5) is 11.4 Å². The van der Waals surface area contributed by atoms with Crippen molar-refractivity contribution in [2.45, 2.75) is 0 Å². The molecule has 182 valence electrons. The van der Waals surface area contributed by atoms with Crippen molar-refractivity contribution in [2.24, 2.45) is 0 Å². The first-order valence-corrected chi connectivity index (χ1v) is 13.3. The van der Waals surface area contributed by atoms with Gasteiger partial charge in [-0.2, -0.15) is 0 Å². The number of anilines is 2. The van der Waals surface area contributed by atoms with Gasteiger partial charge in [-0.25, -0.2) is 0 Å². The molecule has 0 amide bonds. The van der Waals surface area contributed by atoms with Gasteiger partial charge in [0.1, 0.15) is 0 Å². The molecule has 3 aromatic heterocycles. The first-order chi connectivity index (χ1) is 18.0. The third-order valence-electron chi connectivity index (χ3n) is 7.33. The van der Waals surface area contributed by atoms with Crippen molar-refractivity contribution in [3.05, 3.63) is 97.1 Å². The zero-order valence-corrected chi connectivity index (χ0v) is 22.3. The molecule has 0 unspecified atom stereocenters. The average Bonchev–Trinajstić information content (AvgIpc) is 3.55. The van der Waals surface area contributed by atoms with Gasteiger partial charge in [-0.05, 0) is 60.7 Å². The molecule has 4 aromatic carbocycles. The van der Waals surface area contributed by atoms with Gasteiger partial charge in [0, 0.05) is 61.7 Å². The number of fused-ring (bicyclic) bond motifs is 7. The SMILES string of the molecule is CN(C)c1ccc(-n2c3ccccc3c3sc4c5ccccc5n(-c5ccc(N(C)C)cc5)c4c32)cc1. The number of nitrogens with zero attached hydrogens (tertiary/aromatic N) is 4. The summed E-state index contributed by atoms with van der Waals surface area (Å²) in [5, 5.41) is 2.60. The minimum Gasteiger partial charge on any atom is -0.378 e. The number of rotatable bonds is 4. The first kappa shape index (κ1) is 22.0. The summed E-state index contributed by atoms with van der Waals surface area (Å²) in [5.74, 6) is 0. The van der Waals surface area contributed by atoms with Gasteiger partial charge < -0.3 is 18.9 Å². The van der Waals surface area contributed by atoms with Crippen LogP contribution in [0.1, 0.15) is 0 Å². The summed E-state index contributed by atoms with van der Waals surface area (Å²) in [4.78, 5) is 4.29. The smallest absolute Gasteiger partial charge is 0.0899 e. The average molecular weight is 501 g/mol. The summed E-state index contributed by atoms with van der Waals surface area (Å²) in [7, 11) is 8.34. The summed E-state index contributed by atoms with van der Waals surface area (Å²) >= 11 is 1.91. The molecule has 7 aromatic rings. The molecule has 5 heteroatoms. The standard InChI is InChI=1S/C32H28N4S/c1-33(2)21-13-17-23(18-14-21)35-27-11-7-5-9-25(27)31-29(35)30-32(37-31)26-10-6-8-12-28(26)36(30)24-19-15-22(16-20-24)34(3)4/h5-20H,1-4H3. The zero-order valence-electron chi connectivity index (χ0n) is 21.4. The molecular formula is C32H28N4S. The Kier molecular flexibility index (Phi) is 4.85. The van der Waals surface area contributed by atoms with E-state index < -0.39 is 0 Å². The fraction of sp³-hybridized carbons (Fsp3) is 0.125. The Hall–Kier alpha value is -4.22. The molecule has 0 bridgehead atoms. The van der Waals surface area contributed by atoms with Gasteiger partial charge in [0.25, 0.3) is 0 Å². The lowest BCUT2D eigenvalue weighted by atomic mass is 10.2. The predicted molar refractivity (Wildman–Crippen MR) is 162 cm³/mol. The summed E-state index contributed by atoms with van der Waals surface area (Å²) in [5.41, 5.74) is 9.76. The number of hydrogen-bond donors (Lipinski definition) is 0. The second-order valence-electron chi connectivity index (χ2n) is 9.98. The summed E-state index contributed by atoms with van der Waals surface area (Å²) in [6.07, 6.45) is 0. The second-order valence-corrected chi connectivity index (χ2v) is 11.0. The quantitative estimate of drug-likeness (QED) is 0.243. The summed E-state index contributed by atoms with van der Waals surface area (Å²) in [6, 6.07) is 35.4. The third-order valence-corrected chi connectivity index (χ3v) is 8.57. The van der Waals surface area contributed by atoms with Gasteiger partial charge in [0.2, 0.25) is 0 Å². The van der Waals surface area contributed by atoms with Crippen LogP contribution in [-0.4, -0.2) is 37.3 Å². The normalized spacial score (nSPS) is 11.8. The van der Waals surface area contributed by atoms with E-state index in [0.717, 1.165) is 0 Å². The molecule has 0 spiro atoms. The fourth-order valence-corrected chi connectivity index (χ4v) is 6.83. The molecule has 0 fully saturated rings. The minimum atomic E-state index is 1.18. The van der Waals surface area contributed by atoms with E-state index >= 15 is 0 Å². The van der Waals surface area contributed by atoms with E-state index in [-0.39, 0.29) is 0 Å². The van der Waals surface area contributed by atoms with Crippen LogP contribution in [0.2, 0.25) is 0 Å². The maximum atomic E-state index is 2.45. The first-order valence-electron chi connectivity index (χ1n) is 12.5. The number of para-hydroxylation sites is 2. The molecule has 0 N–H and O–H groups in total. The highest BCUT2D eigenvalue weighted by molar-refractivity contribution is 7.27. The molecule has 7 rings (SSSR count). The van der Waals surface area contributed by atoms with Crippen LogP contribution in [-0.2, 0) is 0 Å². The van der Waals surface area contributed by atoms with Gasteiger partial charge >= 0.3 is 0 Å². The number of thiophene rings is 1. The zero-order chi connectivity index (χ0) is 25.3. The van der Waals surface area contributed by atoms with Crippen molar-refractivity contribution in [3.63, 3.8) is 0 Å². The predicted octanol–water partition coefficient (Wildman–Crippen LogP) is 8.07. The highest BCUT2D eigenvalue weighted by Crippen LogP contribution is 2.47. The Morgan fingerprint density at radius 1 is 0.486 bits per heavy atom. The maximum absolute atomic E-state index is 2.45. The lowest BCUT2D eigenvalue weighted by Gasteiger charge is -2.15. The van der Waals surface area contributed by atoms with Crippen LogP contribution in [0.25, 0.3) is 53.6 Å². The van der Waals surface area contributed by atoms with Crippen LogP contribution < -0.4 is 9.80 Å². The van der Waals surface area contributed by atoms with Crippen LogP contribution in [0, 0.1) is 0 Å². The van der Waals surface area contributed by atoms with Crippen LogP contribution in [0.5, 0.6) is 0 Å². The minimum absolute atomic E-state index is 1.18. The molecule has 4 nitrogen and oxygen atoms in total. The number of aromatic nitrogens is 2. The molecule has 0 radical (unpaired) electrons. The Labute approximate surface area is 220 Å². The van der Waals surface area contributed by atoms with Gasteiger partial charge in [-0.1, -0.05) is 36.4 Å². The monoisotopic (exact) mass is 500 g/mol. The van der Waals surface area contributed by atoms with Crippen molar-refractivity contribution in [3.8, 4) is 11.4 Å². The number of hydrogen-bond acceptors (Lipinski definition) is 3. The molecule has 37 heavy (non-hydrogen) atoms. The van der Waals surface area contributed by atoms with Gasteiger partial charge in [-0.3, -0.25) is 0 Å². The largest absolute Gasteiger partial charge is 0.378 e. The fourth-order valence-electron chi connectivity index (χ4n) is 5.49. The lowest BCUT2D eigenvalue weighted by Crippen LogP contribution is -2.08. The molecule has 0 atom stereocenters. The van der Waals surface area contributed by atoms with Crippen molar-refractivity contribution < 1.29 is 0 Å². The molecule has 0 aliphatic heterocycles. The second kappa shape index (κ2) is 8.15. The van der Waals surface area contributed by atoms with E-state index in [9.17, 15) is 0 Å². The van der Waals surface area contributed by atoms with E-state index in [0.29, 0.717) is 0 Å². The maximum Gasteiger partial charge on any atom is 0.0899 e. The molecule has 0 saturated carbocycles. The van der Waals surface area contributed by atoms with Crippen molar-refractivity contribution >= 4 is 65.0 Å². The van der Waals surface area contributed by atoms with Crippen molar-refractivity contribution in [2.75, 3.05) is 38.0 Å². The molecule has 0 saturated heterocycles. The third kappa shape index (κ3) is 3.20. The number of benzene rings is 4. The molecule has 0 aliphatic rings. The topological polar surface area (TPSA) is 16.3 Å². The lowest BCUT2D eigenvalue weighted by molar-refractivity contribution is 1.11. The highest BCUT2D eigenvalue weighted by Gasteiger charge is 2.23. The van der Waals surface area contributed by atoms with E-state index in [1.54, 1.807) is 0 Å². The van der Waals surface area contributed by atoms with Crippen molar-refractivity contribution in [1.82, 2.24) is 9.13 Å². The van der Waals surface area contributed by atoms with Crippen LogP contribution in [0.15, 0.2) is 97.1 Å². The summed E-state index contributed by atoms with van der Waals surface area (Å²) in [6.45, 7) is 0. The molecule has 3 heterocycles. The Balaban J connectivity index is 1.63. The summed E-state index contributed by atoms with van der Waals surface area (Å²) < 4.78 is 7.57. The van der Waals surface area contributed by atoms with Gasteiger partial charge in [-0.15, -0.1) is 11.3 Å². The molecule has 0 aliphatic carbocycles. The highest BCUT2D eigenvalue weighted by atomic mass is 32.1.